The van der Waals surface area contributed by atoms with Gasteiger partial charge in [0.15, 0.2) is 0 Å². The second-order valence-corrected chi connectivity index (χ2v) is 4.90. The lowest BCUT2D eigenvalue weighted by Crippen LogP contribution is -2.00. The number of rotatable bonds is 4. The molecule has 0 N–H and O–H groups in total. The topological polar surface area (TPSA) is 56.7 Å². The first-order valence-electron chi connectivity index (χ1n) is 5.90. The maximum absolute atomic E-state index is 5.95. The van der Waals surface area contributed by atoms with Crippen molar-refractivity contribution in [1.82, 2.24) is 20.0 Å². The molecule has 0 saturated carbocycles. The summed E-state index contributed by atoms with van der Waals surface area (Å²) in [6.45, 7) is 0.480. The van der Waals surface area contributed by atoms with Crippen molar-refractivity contribution in [2.45, 2.75) is 12.4 Å². The predicted octanol–water partition coefficient (Wildman–Crippen LogP) is 3.37. The van der Waals surface area contributed by atoms with E-state index in [1.807, 2.05) is 12.1 Å². The van der Waals surface area contributed by atoms with E-state index < -0.39 is 0 Å². The average Bonchev–Trinajstić information content (AvgIpc) is 3.08. The minimum absolute atomic E-state index is 0.340. The molecular weight excluding hydrogens is 299 g/mol. The van der Waals surface area contributed by atoms with Gasteiger partial charge in [-0.15, -0.1) is 16.7 Å². The molecule has 0 radical (unpaired) electrons. The maximum Gasteiger partial charge on any atom is 0.226 e. The summed E-state index contributed by atoms with van der Waals surface area (Å²) in [7, 11) is 0. The third-order valence-electron chi connectivity index (χ3n) is 2.67. The van der Waals surface area contributed by atoms with Crippen LogP contribution in [-0.2, 0) is 12.4 Å². The lowest BCUT2D eigenvalue weighted by Gasteiger charge is -1.96. The highest BCUT2D eigenvalue weighted by atomic mass is 35.5. The first-order valence-corrected chi connectivity index (χ1v) is 6.81. The fraction of sp³-hybridized carbons (Fsp3) is 0.154. The molecule has 0 spiro atoms. The molecule has 3 aromatic rings. The molecule has 0 aliphatic carbocycles. The highest BCUT2D eigenvalue weighted by Gasteiger charge is 2.08. The number of aromatic nitrogens is 4. The monoisotopic (exact) mass is 308 g/mol. The van der Waals surface area contributed by atoms with Crippen molar-refractivity contribution in [3.63, 3.8) is 0 Å². The highest BCUT2D eigenvalue weighted by molar-refractivity contribution is 6.30. The molecule has 0 amide bonds. The van der Waals surface area contributed by atoms with Crippen LogP contribution in [0.5, 0.6) is 0 Å². The quantitative estimate of drug-likeness (QED) is 0.693. The van der Waals surface area contributed by atoms with Gasteiger partial charge in [0, 0.05) is 10.6 Å². The third-order valence-corrected chi connectivity index (χ3v) is 3.18. The predicted molar refractivity (Wildman–Crippen MR) is 75.6 cm³/mol. The van der Waals surface area contributed by atoms with E-state index >= 15 is 0 Å². The Kier molecular flexibility index (Phi) is 3.71. The van der Waals surface area contributed by atoms with E-state index in [0.29, 0.717) is 23.3 Å². The maximum atomic E-state index is 5.95. The molecule has 0 saturated heterocycles. The molecule has 0 fully saturated rings. The molecule has 102 valence electrons. The molecule has 0 bridgehead atoms. The van der Waals surface area contributed by atoms with Gasteiger partial charge in [0.1, 0.15) is 12.0 Å². The number of benzene rings is 1. The van der Waals surface area contributed by atoms with E-state index in [2.05, 4.69) is 15.3 Å². The zero-order valence-corrected chi connectivity index (χ0v) is 11.8. The van der Waals surface area contributed by atoms with Gasteiger partial charge in [-0.3, -0.25) is 0 Å². The molecule has 5 nitrogen and oxygen atoms in total. The van der Waals surface area contributed by atoms with Crippen molar-refractivity contribution in [3.05, 3.63) is 53.1 Å². The molecule has 20 heavy (non-hydrogen) atoms. The Balaban J connectivity index is 1.80. The van der Waals surface area contributed by atoms with E-state index in [4.69, 9.17) is 27.6 Å². The summed E-state index contributed by atoms with van der Waals surface area (Å²) >= 11 is 11.6. The molecule has 1 aromatic carbocycles. The highest BCUT2D eigenvalue weighted by Crippen LogP contribution is 2.22. The second kappa shape index (κ2) is 5.64. The van der Waals surface area contributed by atoms with Crippen LogP contribution >= 0.6 is 23.2 Å². The van der Waals surface area contributed by atoms with Crippen LogP contribution in [0.2, 0.25) is 5.02 Å². The summed E-state index contributed by atoms with van der Waals surface area (Å²) in [6, 6.07) is 7.35. The molecule has 3 rings (SSSR count). The summed E-state index contributed by atoms with van der Waals surface area (Å²) in [5.41, 5.74) is 2.32. The lowest BCUT2D eigenvalue weighted by molar-refractivity contribution is 0.568. The minimum atomic E-state index is 0.340. The fourth-order valence-corrected chi connectivity index (χ4v) is 2.09. The van der Waals surface area contributed by atoms with Crippen LogP contribution in [0.15, 0.2) is 41.1 Å². The van der Waals surface area contributed by atoms with E-state index in [1.54, 1.807) is 29.3 Å². The zero-order valence-electron chi connectivity index (χ0n) is 10.3. The number of oxazole rings is 1. The number of hydrogen-bond acceptors (Lipinski definition) is 4. The van der Waals surface area contributed by atoms with E-state index in [-0.39, 0.29) is 0 Å². The summed E-state index contributed by atoms with van der Waals surface area (Å²) < 4.78 is 7.12. The minimum Gasteiger partial charge on any atom is -0.444 e. The van der Waals surface area contributed by atoms with Crippen molar-refractivity contribution in [1.29, 1.82) is 0 Å². The van der Waals surface area contributed by atoms with E-state index in [1.165, 1.54) is 0 Å². The van der Waals surface area contributed by atoms with Gasteiger partial charge >= 0.3 is 0 Å². The Morgan fingerprint density at radius 3 is 2.90 bits per heavy atom. The SMILES string of the molecule is ClCc1cn(Cc2coc(-c3cccc(Cl)c3)n2)nn1. The Morgan fingerprint density at radius 2 is 2.15 bits per heavy atom. The summed E-state index contributed by atoms with van der Waals surface area (Å²) in [5.74, 6) is 0.868. The molecule has 0 aliphatic heterocycles. The Morgan fingerprint density at radius 1 is 1.25 bits per heavy atom. The van der Waals surface area contributed by atoms with Gasteiger partial charge in [-0.2, -0.15) is 0 Å². The molecule has 0 unspecified atom stereocenters. The van der Waals surface area contributed by atoms with E-state index in [9.17, 15) is 0 Å². The van der Waals surface area contributed by atoms with Crippen LogP contribution in [0.25, 0.3) is 11.5 Å². The van der Waals surface area contributed by atoms with Crippen molar-refractivity contribution in [2.24, 2.45) is 0 Å². The van der Waals surface area contributed by atoms with Gasteiger partial charge < -0.3 is 4.42 Å². The molecule has 7 heteroatoms. The fourth-order valence-electron chi connectivity index (χ4n) is 1.78. The normalized spacial score (nSPS) is 10.9. The van der Waals surface area contributed by atoms with Gasteiger partial charge in [-0.05, 0) is 18.2 Å². The standard InChI is InChI=1S/C13H10Cl2N4O/c14-5-11-6-19(18-17-11)7-12-8-20-13(16-12)9-2-1-3-10(15)4-9/h1-4,6,8H,5,7H2. The van der Waals surface area contributed by atoms with Gasteiger partial charge in [-0.1, -0.05) is 22.9 Å². The van der Waals surface area contributed by atoms with Crippen molar-refractivity contribution in [2.75, 3.05) is 0 Å². The first kappa shape index (κ1) is 13.1. The summed E-state index contributed by atoms with van der Waals surface area (Å²) in [5, 5.41) is 8.51. The smallest absolute Gasteiger partial charge is 0.226 e. The van der Waals surface area contributed by atoms with Crippen LogP contribution in [-0.4, -0.2) is 20.0 Å². The molecule has 2 aromatic heterocycles. The zero-order chi connectivity index (χ0) is 13.9. The molecule has 0 atom stereocenters. The second-order valence-electron chi connectivity index (χ2n) is 4.20. The largest absolute Gasteiger partial charge is 0.444 e. The van der Waals surface area contributed by atoms with Gasteiger partial charge in [-0.25, -0.2) is 9.67 Å². The van der Waals surface area contributed by atoms with Crippen LogP contribution in [0.1, 0.15) is 11.4 Å². The first-order chi connectivity index (χ1) is 9.74. The molecule has 0 aliphatic rings. The van der Waals surface area contributed by atoms with Crippen LogP contribution in [0.4, 0.5) is 0 Å². The van der Waals surface area contributed by atoms with E-state index in [0.717, 1.165) is 17.0 Å². The van der Waals surface area contributed by atoms with Crippen LogP contribution < -0.4 is 0 Å². The molecule has 2 heterocycles. The summed E-state index contributed by atoms with van der Waals surface area (Å²) in [4.78, 5) is 4.41. The number of hydrogen-bond donors (Lipinski definition) is 0. The number of nitrogens with zero attached hydrogens (tertiary/aromatic N) is 4. The van der Waals surface area contributed by atoms with Crippen LogP contribution in [0, 0.1) is 0 Å². The van der Waals surface area contributed by atoms with Gasteiger partial charge in [0.05, 0.1) is 24.3 Å². The lowest BCUT2D eigenvalue weighted by atomic mass is 10.2. The van der Waals surface area contributed by atoms with Crippen molar-refractivity contribution >= 4 is 23.2 Å². The van der Waals surface area contributed by atoms with Crippen LogP contribution in [0.3, 0.4) is 0 Å². The average molecular weight is 309 g/mol. The number of alkyl halides is 1. The Bertz CT molecular complexity index is 722. The van der Waals surface area contributed by atoms with Crippen molar-refractivity contribution < 1.29 is 4.42 Å². The Hall–Kier alpha value is -1.85. The Labute approximate surface area is 125 Å². The summed E-state index contributed by atoms with van der Waals surface area (Å²) in [6.07, 6.45) is 3.37. The number of halogens is 2. The van der Waals surface area contributed by atoms with Crippen molar-refractivity contribution in [3.8, 4) is 11.5 Å². The van der Waals surface area contributed by atoms with Gasteiger partial charge in [0.2, 0.25) is 5.89 Å². The van der Waals surface area contributed by atoms with Gasteiger partial charge in [0.25, 0.3) is 0 Å². The molecular formula is C13H10Cl2N4O. The third kappa shape index (κ3) is 2.84.